The Labute approximate surface area is 135 Å². The molecular formula is C16H16O8. The molecule has 2 aromatic rings. The predicted molar refractivity (Wildman–Crippen MR) is 80.6 cm³/mol. The maximum absolute atomic E-state index is 11.4. The molecule has 3 rings (SSSR count). The van der Waals surface area contributed by atoms with Crippen LogP contribution in [0.25, 0.3) is 11.0 Å². The third-order valence-electron chi connectivity index (χ3n) is 3.92. The van der Waals surface area contributed by atoms with Gasteiger partial charge in [0.2, 0.25) is 6.29 Å². The van der Waals surface area contributed by atoms with Crippen LogP contribution in [0.5, 0.6) is 5.75 Å². The molecule has 1 aliphatic heterocycles. The zero-order chi connectivity index (χ0) is 17.4. The molecule has 0 aliphatic carbocycles. The fraction of sp³-hybridized carbons (Fsp3) is 0.375. The average Bonchev–Trinajstić information content (AvgIpc) is 2.55. The van der Waals surface area contributed by atoms with E-state index in [9.17, 15) is 24.9 Å². The number of hydrogen-bond acceptors (Lipinski definition) is 8. The van der Waals surface area contributed by atoms with Crippen LogP contribution in [0.2, 0.25) is 0 Å². The second-order valence-corrected chi connectivity index (χ2v) is 5.60. The maximum atomic E-state index is 11.4. The van der Waals surface area contributed by atoms with Crippen LogP contribution in [0.4, 0.5) is 0 Å². The second-order valence-electron chi connectivity index (χ2n) is 5.60. The van der Waals surface area contributed by atoms with Gasteiger partial charge in [0.1, 0.15) is 35.7 Å². The summed E-state index contributed by atoms with van der Waals surface area (Å²) in [6.07, 6.45) is -7.08. The maximum Gasteiger partial charge on any atom is 0.336 e. The number of aldehydes is 1. The van der Waals surface area contributed by atoms with Crippen molar-refractivity contribution in [1.82, 2.24) is 0 Å². The Bertz CT molecular complexity index is 813. The number of hydrogen-bond donors (Lipinski definition) is 3. The van der Waals surface area contributed by atoms with Crippen molar-refractivity contribution in [3.63, 3.8) is 0 Å². The van der Waals surface area contributed by atoms with Gasteiger partial charge < -0.3 is 34.0 Å². The summed E-state index contributed by atoms with van der Waals surface area (Å²) >= 11 is 0. The molecule has 2 heterocycles. The molecule has 0 saturated carbocycles. The van der Waals surface area contributed by atoms with E-state index >= 15 is 0 Å². The molecule has 0 bridgehead atoms. The first kappa shape index (κ1) is 16.6. The number of carbonyl (C=O) groups is 1. The van der Waals surface area contributed by atoms with Gasteiger partial charge in [-0.05, 0) is 24.6 Å². The summed E-state index contributed by atoms with van der Waals surface area (Å²) < 4.78 is 15.7. The molecule has 5 atom stereocenters. The highest BCUT2D eigenvalue weighted by Crippen LogP contribution is 2.26. The molecule has 8 nitrogen and oxygen atoms in total. The van der Waals surface area contributed by atoms with Gasteiger partial charge in [-0.2, -0.15) is 0 Å². The highest BCUT2D eigenvalue weighted by molar-refractivity contribution is 5.81. The van der Waals surface area contributed by atoms with Crippen LogP contribution < -0.4 is 10.4 Å². The number of aliphatic hydroxyl groups excluding tert-OH is 3. The van der Waals surface area contributed by atoms with Gasteiger partial charge in [-0.15, -0.1) is 0 Å². The summed E-state index contributed by atoms with van der Waals surface area (Å²) in [5, 5.41) is 30.0. The van der Waals surface area contributed by atoms with E-state index in [1.54, 1.807) is 19.1 Å². The van der Waals surface area contributed by atoms with Crippen molar-refractivity contribution in [1.29, 1.82) is 0 Å². The third-order valence-corrected chi connectivity index (χ3v) is 3.92. The Kier molecular flexibility index (Phi) is 4.37. The highest BCUT2D eigenvalue weighted by atomic mass is 16.7. The molecular weight excluding hydrogens is 320 g/mol. The molecule has 0 radical (unpaired) electrons. The first-order valence-corrected chi connectivity index (χ1v) is 7.27. The lowest BCUT2D eigenvalue weighted by atomic mass is 10.00. The van der Waals surface area contributed by atoms with E-state index in [4.69, 9.17) is 13.9 Å². The number of aryl methyl sites for hydroxylation is 1. The van der Waals surface area contributed by atoms with E-state index in [1.165, 1.54) is 12.1 Å². The lowest BCUT2D eigenvalue weighted by Crippen LogP contribution is -2.59. The molecule has 1 saturated heterocycles. The minimum Gasteiger partial charge on any atom is -0.462 e. The Morgan fingerprint density at radius 2 is 1.88 bits per heavy atom. The van der Waals surface area contributed by atoms with Gasteiger partial charge in [-0.25, -0.2) is 4.79 Å². The summed E-state index contributed by atoms with van der Waals surface area (Å²) in [6.45, 7) is 1.76. The first-order chi connectivity index (χ1) is 11.4. The first-order valence-electron chi connectivity index (χ1n) is 7.27. The molecule has 1 fully saturated rings. The highest BCUT2D eigenvalue weighted by Gasteiger charge is 2.44. The number of aliphatic hydroxyl groups is 3. The molecule has 8 heteroatoms. The number of rotatable bonds is 3. The molecule has 0 amide bonds. The smallest absolute Gasteiger partial charge is 0.336 e. The fourth-order valence-corrected chi connectivity index (χ4v) is 2.60. The summed E-state index contributed by atoms with van der Waals surface area (Å²) in [5.41, 5.74) is 0.516. The van der Waals surface area contributed by atoms with Gasteiger partial charge in [-0.1, -0.05) is 0 Å². The second kappa shape index (κ2) is 6.33. The summed E-state index contributed by atoms with van der Waals surface area (Å²) in [7, 11) is 0. The molecule has 1 aromatic heterocycles. The number of carbonyl (C=O) groups excluding carboxylic acids is 1. The fourth-order valence-electron chi connectivity index (χ4n) is 2.60. The molecule has 3 N–H and O–H groups in total. The van der Waals surface area contributed by atoms with Crippen molar-refractivity contribution in [2.24, 2.45) is 0 Å². The third kappa shape index (κ3) is 2.92. The van der Waals surface area contributed by atoms with Crippen LogP contribution in [0.3, 0.4) is 0 Å². The van der Waals surface area contributed by atoms with Crippen molar-refractivity contribution in [3.8, 4) is 5.75 Å². The standard InChI is InChI=1S/C16H16O8/c1-7-4-12(18)23-10-5-8(2-3-9(7)10)22-16-15(21)14(20)13(19)11(6-17)24-16/h2-6,11,13-16,19-21H,1H3/t11-,13+,14-,15+,16+/m0/s1. The van der Waals surface area contributed by atoms with Gasteiger partial charge in [0, 0.05) is 17.5 Å². The van der Waals surface area contributed by atoms with Crippen LogP contribution in [0.1, 0.15) is 5.56 Å². The van der Waals surface area contributed by atoms with E-state index in [-0.39, 0.29) is 11.3 Å². The lowest BCUT2D eigenvalue weighted by molar-refractivity contribution is -0.263. The average molecular weight is 336 g/mol. The normalized spacial score (nSPS) is 30.2. The van der Waals surface area contributed by atoms with E-state index in [2.05, 4.69) is 0 Å². The minimum absolute atomic E-state index is 0.202. The summed E-state index contributed by atoms with van der Waals surface area (Å²) in [5.74, 6) is 0.202. The molecule has 1 aromatic carbocycles. The molecule has 1 aliphatic rings. The van der Waals surface area contributed by atoms with Gasteiger partial charge in [0.05, 0.1) is 0 Å². The molecule has 0 spiro atoms. The van der Waals surface area contributed by atoms with Crippen molar-refractivity contribution >= 4 is 17.3 Å². The minimum atomic E-state index is -1.60. The van der Waals surface area contributed by atoms with E-state index in [0.29, 0.717) is 11.7 Å². The van der Waals surface area contributed by atoms with Gasteiger partial charge in [0.25, 0.3) is 0 Å². The predicted octanol–water partition coefficient (Wildman–Crippen LogP) is -0.513. The molecule has 0 unspecified atom stereocenters. The zero-order valence-electron chi connectivity index (χ0n) is 12.7. The summed E-state index contributed by atoms with van der Waals surface area (Å²) in [4.78, 5) is 22.3. The molecule has 128 valence electrons. The number of fused-ring (bicyclic) bond motifs is 1. The topological polar surface area (TPSA) is 126 Å². The van der Waals surface area contributed by atoms with Crippen molar-refractivity contribution < 1.29 is 34.0 Å². The number of benzene rings is 1. The Hall–Kier alpha value is -2.26. The SMILES string of the molecule is Cc1cc(=O)oc2cc(O[C@@H]3O[C@@H](C=O)[C@@H](O)[C@H](O)[C@H]3O)ccc12. The molecule has 24 heavy (non-hydrogen) atoms. The zero-order valence-corrected chi connectivity index (χ0v) is 12.7. The van der Waals surface area contributed by atoms with Crippen molar-refractivity contribution in [3.05, 3.63) is 40.2 Å². The van der Waals surface area contributed by atoms with E-state index < -0.39 is 36.3 Å². The van der Waals surface area contributed by atoms with E-state index in [0.717, 1.165) is 5.56 Å². The van der Waals surface area contributed by atoms with Crippen LogP contribution >= 0.6 is 0 Å². The Morgan fingerprint density at radius 3 is 2.58 bits per heavy atom. The van der Waals surface area contributed by atoms with Crippen LogP contribution in [0, 0.1) is 6.92 Å². The Morgan fingerprint density at radius 1 is 1.12 bits per heavy atom. The quantitative estimate of drug-likeness (QED) is 0.505. The number of ether oxygens (including phenoxy) is 2. The Balaban J connectivity index is 1.88. The summed E-state index contributed by atoms with van der Waals surface area (Å²) in [6, 6.07) is 6.04. The van der Waals surface area contributed by atoms with Gasteiger partial charge in [0.15, 0.2) is 6.29 Å². The van der Waals surface area contributed by atoms with Crippen molar-refractivity contribution in [2.45, 2.75) is 37.6 Å². The van der Waals surface area contributed by atoms with Gasteiger partial charge >= 0.3 is 5.63 Å². The van der Waals surface area contributed by atoms with Crippen LogP contribution in [-0.2, 0) is 9.53 Å². The van der Waals surface area contributed by atoms with Crippen LogP contribution in [0.15, 0.2) is 33.5 Å². The van der Waals surface area contributed by atoms with Gasteiger partial charge in [-0.3, -0.25) is 0 Å². The van der Waals surface area contributed by atoms with Crippen LogP contribution in [-0.4, -0.2) is 52.3 Å². The monoisotopic (exact) mass is 336 g/mol. The lowest BCUT2D eigenvalue weighted by Gasteiger charge is -2.38. The largest absolute Gasteiger partial charge is 0.462 e. The van der Waals surface area contributed by atoms with E-state index in [1.807, 2.05) is 0 Å². The van der Waals surface area contributed by atoms with Crippen molar-refractivity contribution in [2.75, 3.05) is 0 Å².